The third-order valence-corrected chi connectivity index (χ3v) is 5.40. The van der Waals surface area contributed by atoms with Crippen LogP contribution in [-0.2, 0) is 13.0 Å². The summed E-state index contributed by atoms with van der Waals surface area (Å²) in [4.78, 5) is 12.2. The van der Waals surface area contributed by atoms with Gasteiger partial charge in [-0.05, 0) is 53.6 Å². The highest BCUT2D eigenvalue weighted by atomic mass is 79.9. The molecule has 6 nitrogen and oxygen atoms in total. The number of rotatable bonds is 6. The zero-order valence-electron chi connectivity index (χ0n) is 16.2. The van der Waals surface area contributed by atoms with Gasteiger partial charge < -0.3 is 14.2 Å². The van der Waals surface area contributed by atoms with Gasteiger partial charge in [-0.3, -0.25) is 0 Å². The molecular formula is C23H16BrClN4O2. The average molecular weight is 496 g/mol. The van der Waals surface area contributed by atoms with Gasteiger partial charge in [-0.1, -0.05) is 57.0 Å². The van der Waals surface area contributed by atoms with Crippen LogP contribution in [0.2, 0.25) is 5.02 Å². The summed E-state index contributed by atoms with van der Waals surface area (Å²) < 4.78 is 12.3. The molecule has 0 radical (unpaired) electrons. The van der Waals surface area contributed by atoms with Crippen LogP contribution >= 0.6 is 27.5 Å². The van der Waals surface area contributed by atoms with Crippen LogP contribution in [0.1, 0.15) is 17.0 Å². The molecule has 5 rings (SSSR count). The molecule has 5 aromatic rings. The first kappa shape index (κ1) is 19.8. The van der Waals surface area contributed by atoms with E-state index in [9.17, 15) is 0 Å². The van der Waals surface area contributed by atoms with E-state index in [1.807, 2.05) is 66.7 Å². The van der Waals surface area contributed by atoms with Gasteiger partial charge >= 0.3 is 0 Å². The fourth-order valence-corrected chi connectivity index (χ4v) is 3.80. The molecule has 154 valence electrons. The van der Waals surface area contributed by atoms with Crippen molar-refractivity contribution in [3.05, 3.63) is 93.2 Å². The minimum absolute atomic E-state index is 0.427. The number of imidazole rings is 1. The summed E-state index contributed by atoms with van der Waals surface area (Å²) >= 11 is 9.49. The predicted molar refractivity (Wildman–Crippen MR) is 122 cm³/mol. The Balaban J connectivity index is 1.29. The van der Waals surface area contributed by atoms with Gasteiger partial charge in [-0.15, -0.1) is 0 Å². The fraction of sp³-hybridized carbons (Fsp3) is 0.0870. The summed E-state index contributed by atoms with van der Waals surface area (Å²) in [6.07, 6.45) is 0.493. The van der Waals surface area contributed by atoms with Crippen molar-refractivity contribution in [2.24, 2.45) is 0 Å². The molecule has 0 saturated heterocycles. The number of fused-ring (bicyclic) bond motifs is 1. The molecule has 0 amide bonds. The minimum Gasteiger partial charge on any atom is -0.489 e. The lowest BCUT2D eigenvalue weighted by Crippen LogP contribution is -1.96. The first-order valence-electron chi connectivity index (χ1n) is 9.57. The highest BCUT2D eigenvalue weighted by Gasteiger charge is 2.14. The van der Waals surface area contributed by atoms with Crippen molar-refractivity contribution in [1.29, 1.82) is 0 Å². The maximum Gasteiger partial charge on any atom is 0.238 e. The number of aromatic nitrogens is 4. The van der Waals surface area contributed by atoms with Crippen LogP contribution in [-0.4, -0.2) is 20.1 Å². The predicted octanol–water partition coefficient (Wildman–Crippen LogP) is 6.20. The van der Waals surface area contributed by atoms with Crippen LogP contribution in [0.5, 0.6) is 5.75 Å². The molecule has 0 fully saturated rings. The summed E-state index contributed by atoms with van der Waals surface area (Å²) in [5.74, 6) is 2.26. The smallest absolute Gasteiger partial charge is 0.238 e. The Morgan fingerprint density at radius 1 is 0.968 bits per heavy atom. The van der Waals surface area contributed by atoms with Crippen molar-refractivity contribution in [3.63, 3.8) is 0 Å². The molecule has 2 heterocycles. The number of nitrogens with one attached hydrogen (secondary N) is 1. The van der Waals surface area contributed by atoms with E-state index < -0.39 is 0 Å². The fourth-order valence-electron chi connectivity index (χ4n) is 3.22. The van der Waals surface area contributed by atoms with E-state index in [1.165, 1.54) is 0 Å². The summed E-state index contributed by atoms with van der Waals surface area (Å²) in [5, 5.41) is 4.77. The molecule has 2 aromatic heterocycles. The maximum absolute atomic E-state index is 6.03. The van der Waals surface area contributed by atoms with Crippen LogP contribution < -0.4 is 4.74 Å². The molecule has 1 N–H and O–H groups in total. The quantitative estimate of drug-likeness (QED) is 0.303. The van der Waals surface area contributed by atoms with E-state index in [1.54, 1.807) is 0 Å². The van der Waals surface area contributed by atoms with Crippen LogP contribution in [0.4, 0.5) is 0 Å². The van der Waals surface area contributed by atoms with Gasteiger partial charge in [0.1, 0.15) is 12.4 Å². The van der Waals surface area contributed by atoms with Crippen LogP contribution in [0.3, 0.4) is 0 Å². The summed E-state index contributed by atoms with van der Waals surface area (Å²) in [7, 11) is 0. The van der Waals surface area contributed by atoms with E-state index >= 15 is 0 Å². The second-order valence-electron chi connectivity index (χ2n) is 7.00. The Bertz CT molecular complexity index is 1360. The Morgan fingerprint density at radius 3 is 2.74 bits per heavy atom. The largest absolute Gasteiger partial charge is 0.489 e. The molecule has 31 heavy (non-hydrogen) atoms. The summed E-state index contributed by atoms with van der Waals surface area (Å²) in [6.45, 7) is 0.441. The van der Waals surface area contributed by atoms with Crippen molar-refractivity contribution in [3.8, 4) is 17.4 Å². The molecule has 0 bridgehead atoms. The lowest BCUT2D eigenvalue weighted by molar-refractivity contribution is 0.306. The van der Waals surface area contributed by atoms with Gasteiger partial charge in [0.25, 0.3) is 0 Å². The topological polar surface area (TPSA) is 76.8 Å². The molecule has 0 aliphatic carbocycles. The number of benzene rings is 3. The number of halogens is 2. The number of aromatic amines is 1. The lowest BCUT2D eigenvalue weighted by Gasteiger charge is -2.08. The Kier molecular flexibility index (Phi) is 5.44. The molecule has 0 unspecified atom stereocenters. The van der Waals surface area contributed by atoms with E-state index in [0.717, 1.165) is 32.4 Å². The normalized spacial score (nSPS) is 11.2. The van der Waals surface area contributed by atoms with Gasteiger partial charge in [-0.2, -0.15) is 4.98 Å². The monoisotopic (exact) mass is 494 g/mol. The second-order valence-corrected chi connectivity index (χ2v) is 8.35. The third kappa shape index (κ3) is 4.62. The lowest BCUT2D eigenvalue weighted by atomic mass is 10.1. The zero-order valence-corrected chi connectivity index (χ0v) is 18.5. The van der Waals surface area contributed by atoms with Crippen molar-refractivity contribution in [1.82, 2.24) is 20.1 Å². The molecule has 8 heteroatoms. The second kappa shape index (κ2) is 8.53. The highest BCUT2D eigenvalue weighted by Crippen LogP contribution is 2.23. The minimum atomic E-state index is 0.427. The van der Waals surface area contributed by atoms with Gasteiger partial charge in [0, 0.05) is 9.50 Å². The average Bonchev–Trinajstić information content (AvgIpc) is 3.39. The van der Waals surface area contributed by atoms with Gasteiger partial charge in [-0.25, -0.2) is 4.98 Å². The summed E-state index contributed by atoms with van der Waals surface area (Å²) in [6, 6.07) is 21.3. The highest BCUT2D eigenvalue weighted by molar-refractivity contribution is 9.10. The number of nitrogens with zero attached hydrogens (tertiary/aromatic N) is 3. The van der Waals surface area contributed by atoms with Gasteiger partial charge in [0.2, 0.25) is 11.7 Å². The van der Waals surface area contributed by atoms with Crippen molar-refractivity contribution < 1.29 is 9.26 Å². The van der Waals surface area contributed by atoms with Gasteiger partial charge in [0.15, 0.2) is 5.82 Å². The third-order valence-electron chi connectivity index (χ3n) is 4.67. The SMILES string of the molecule is Clc1cccc(COc2cccc(Cc3nc(-c4nc5ccc(Br)cc5[nH]4)no3)c2)c1. The number of hydrogen-bond acceptors (Lipinski definition) is 5. The standard InChI is InChI=1S/C23H16BrClN4O2/c24-16-7-8-19-20(12-16)27-22(26-19)23-28-21(31-29-23)11-14-3-2-6-18(10-14)30-13-15-4-1-5-17(25)9-15/h1-10,12H,11,13H2,(H,26,27). The van der Waals surface area contributed by atoms with E-state index in [2.05, 4.69) is 36.0 Å². The Hall–Kier alpha value is -3.16. The van der Waals surface area contributed by atoms with E-state index in [0.29, 0.717) is 35.6 Å². The zero-order chi connectivity index (χ0) is 21.2. The molecule has 3 aromatic carbocycles. The van der Waals surface area contributed by atoms with Crippen molar-refractivity contribution >= 4 is 38.6 Å². The summed E-state index contributed by atoms with van der Waals surface area (Å²) in [5.41, 5.74) is 3.76. The van der Waals surface area contributed by atoms with Crippen molar-refractivity contribution in [2.45, 2.75) is 13.0 Å². The maximum atomic E-state index is 6.03. The van der Waals surface area contributed by atoms with Crippen LogP contribution in [0.15, 0.2) is 75.7 Å². The van der Waals surface area contributed by atoms with E-state index in [4.69, 9.17) is 20.9 Å². The molecular weight excluding hydrogens is 480 g/mol. The van der Waals surface area contributed by atoms with E-state index in [-0.39, 0.29) is 0 Å². The number of ether oxygens (including phenoxy) is 1. The Morgan fingerprint density at radius 2 is 1.84 bits per heavy atom. The van der Waals surface area contributed by atoms with Gasteiger partial charge in [0.05, 0.1) is 17.5 Å². The molecule has 0 atom stereocenters. The van der Waals surface area contributed by atoms with Crippen LogP contribution in [0.25, 0.3) is 22.7 Å². The van der Waals surface area contributed by atoms with Crippen LogP contribution in [0, 0.1) is 0 Å². The first-order chi connectivity index (χ1) is 15.1. The molecule has 0 spiro atoms. The van der Waals surface area contributed by atoms with Crippen molar-refractivity contribution in [2.75, 3.05) is 0 Å². The molecule has 0 saturated carbocycles. The number of hydrogen-bond donors (Lipinski definition) is 1. The number of H-pyrrole nitrogens is 1. The molecule has 0 aliphatic heterocycles. The first-order valence-corrected chi connectivity index (χ1v) is 10.7. The molecule has 0 aliphatic rings. The Labute approximate surface area is 191 Å².